The summed E-state index contributed by atoms with van der Waals surface area (Å²) in [5.41, 5.74) is 0.323. The van der Waals surface area contributed by atoms with Crippen molar-refractivity contribution in [2.45, 2.75) is 19.9 Å². The van der Waals surface area contributed by atoms with E-state index >= 15 is 0 Å². The Kier molecular flexibility index (Phi) is 5.39. The third-order valence-electron chi connectivity index (χ3n) is 2.30. The molecule has 0 fully saturated rings. The van der Waals surface area contributed by atoms with Crippen LogP contribution in [0.25, 0.3) is 0 Å². The van der Waals surface area contributed by atoms with Crippen LogP contribution in [0, 0.1) is 3.57 Å². The minimum atomic E-state index is -0.612. The van der Waals surface area contributed by atoms with Crippen molar-refractivity contribution in [2.75, 3.05) is 6.54 Å². The van der Waals surface area contributed by atoms with E-state index in [9.17, 15) is 14.7 Å². The summed E-state index contributed by atoms with van der Waals surface area (Å²) in [6.45, 7) is 3.93. The first-order valence-corrected chi connectivity index (χ1v) is 6.60. The van der Waals surface area contributed by atoms with Crippen LogP contribution in [0.2, 0.25) is 0 Å². The van der Waals surface area contributed by atoms with Gasteiger partial charge in [-0.15, -0.1) is 0 Å². The van der Waals surface area contributed by atoms with Gasteiger partial charge in [0.2, 0.25) is 5.91 Å². The zero-order valence-corrected chi connectivity index (χ0v) is 12.3. The van der Waals surface area contributed by atoms with Gasteiger partial charge in [0, 0.05) is 12.1 Å². The van der Waals surface area contributed by atoms with E-state index in [-0.39, 0.29) is 17.6 Å². The molecule has 3 N–H and O–H groups in total. The lowest BCUT2D eigenvalue weighted by Gasteiger charge is -2.13. The number of benzene rings is 1. The summed E-state index contributed by atoms with van der Waals surface area (Å²) >= 11 is 1.97. The fourth-order valence-electron chi connectivity index (χ4n) is 1.33. The summed E-state index contributed by atoms with van der Waals surface area (Å²) in [5, 5.41) is 14.7. The lowest BCUT2D eigenvalue weighted by atomic mass is 10.2. The summed E-state index contributed by atoms with van der Waals surface area (Å²) in [7, 11) is 0. The number of halogens is 1. The van der Waals surface area contributed by atoms with E-state index in [0.29, 0.717) is 15.7 Å². The van der Waals surface area contributed by atoms with Crippen molar-refractivity contribution in [3.63, 3.8) is 0 Å². The minimum absolute atomic E-state index is 0.0499. The van der Waals surface area contributed by atoms with Crippen molar-refractivity contribution < 1.29 is 14.7 Å². The van der Waals surface area contributed by atoms with Gasteiger partial charge in [-0.25, -0.2) is 0 Å². The molecule has 0 spiro atoms. The molecule has 0 aromatic heterocycles. The van der Waals surface area contributed by atoms with Gasteiger partial charge < -0.3 is 15.7 Å². The molecule has 0 aliphatic rings. The number of aromatic hydroxyl groups is 1. The second kappa shape index (κ2) is 6.58. The lowest BCUT2D eigenvalue weighted by molar-refractivity contribution is -0.122. The van der Waals surface area contributed by atoms with Crippen LogP contribution in [0.15, 0.2) is 18.2 Å². The van der Waals surface area contributed by atoms with E-state index in [1.54, 1.807) is 19.1 Å². The van der Waals surface area contributed by atoms with Gasteiger partial charge in [-0.1, -0.05) is 0 Å². The summed E-state index contributed by atoms with van der Waals surface area (Å²) in [5.74, 6) is -0.574. The highest BCUT2D eigenvalue weighted by Crippen LogP contribution is 2.20. The summed E-state index contributed by atoms with van der Waals surface area (Å²) < 4.78 is 0.668. The SMILES string of the molecule is CCNC(=O)C(C)NC(=O)c1ccc(I)c(O)c1. The topological polar surface area (TPSA) is 78.4 Å². The van der Waals surface area contributed by atoms with E-state index in [4.69, 9.17) is 0 Å². The van der Waals surface area contributed by atoms with Gasteiger partial charge in [0.15, 0.2) is 0 Å². The minimum Gasteiger partial charge on any atom is -0.507 e. The van der Waals surface area contributed by atoms with Crippen molar-refractivity contribution in [3.8, 4) is 5.75 Å². The molecular formula is C12H15IN2O3. The molecular weight excluding hydrogens is 347 g/mol. The van der Waals surface area contributed by atoms with Crippen molar-refractivity contribution >= 4 is 34.4 Å². The average molecular weight is 362 g/mol. The van der Waals surface area contributed by atoms with Gasteiger partial charge in [0.25, 0.3) is 5.91 Å². The second-order valence-electron chi connectivity index (χ2n) is 3.76. The maximum absolute atomic E-state index is 11.8. The van der Waals surface area contributed by atoms with Crippen LogP contribution in [0.1, 0.15) is 24.2 Å². The number of carbonyl (C=O) groups is 2. The number of rotatable bonds is 4. The molecule has 0 radical (unpaired) electrons. The maximum atomic E-state index is 11.8. The van der Waals surface area contributed by atoms with Crippen LogP contribution in [0.3, 0.4) is 0 Å². The molecule has 1 unspecified atom stereocenters. The average Bonchev–Trinajstić information content (AvgIpc) is 2.32. The normalized spacial score (nSPS) is 11.7. The number of phenols is 1. The molecule has 98 valence electrons. The van der Waals surface area contributed by atoms with Gasteiger partial charge >= 0.3 is 0 Å². The summed E-state index contributed by atoms with van der Waals surface area (Å²) in [6, 6.07) is 4.00. The number of hydrogen-bond acceptors (Lipinski definition) is 3. The first-order chi connectivity index (χ1) is 8.45. The predicted octanol–water partition coefficient (Wildman–Crippen LogP) is 1.25. The van der Waals surface area contributed by atoms with Gasteiger partial charge in [0.1, 0.15) is 11.8 Å². The summed E-state index contributed by atoms with van der Waals surface area (Å²) in [6.07, 6.45) is 0. The fraction of sp³-hybridized carbons (Fsp3) is 0.333. The first-order valence-electron chi connectivity index (χ1n) is 5.52. The third kappa shape index (κ3) is 3.86. The Balaban J connectivity index is 2.70. The number of carbonyl (C=O) groups excluding carboxylic acids is 2. The largest absolute Gasteiger partial charge is 0.507 e. The monoisotopic (exact) mass is 362 g/mol. The Bertz CT molecular complexity index is 463. The van der Waals surface area contributed by atoms with Crippen LogP contribution in [0.5, 0.6) is 5.75 Å². The molecule has 2 amide bonds. The van der Waals surface area contributed by atoms with E-state index in [1.165, 1.54) is 6.07 Å². The van der Waals surface area contributed by atoms with E-state index in [2.05, 4.69) is 10.6 Å². The zero-order chi connectivity index (χ0) is 13.7. The molecule has 1 aromatic rings. The quantitative estimate of drug-likeness (QED) is 0.706. The first kappa shape index (κ1) is 14.7. The van der Waals surface area contributed by atoms with E-state index < -0.39 is 6.04 Å². The fourth-order valence-corrected chi connectivity index (χ4v) is 1.66. The number of phenolic OH excluding ortho intramolecular Hbond substituents is 1. The van der Waals surface area contributed by atoms with Crippen LogP contribution in [0.4, 0.5) is 0 Å². The number of nitrogens with one attached hydrogen (secondary N) is 2. The van der Waals surface area contributed by atoms with Crippen LogP contribution in [-0.2, 0) is 4.79 Å². The smallest absolute Gasteiger partial charge is 0.252 e. The molecule has 6 heteroatoms. The Morgan fingerprint density at radius 3 is 2.67 bits per heavy atom. The van der Waals surface area contributed by atoms with E-state index in [1.807, 2.05) is 29.5 Å². The van der Waals surface area contributed by atoms with Crippen molar-refractivity contribution in [1.29, 1.82) is 0 Å². The molecule has 0 aliphatic heterocycles. The van der Waals surface area contributed by atoms with Gasteiger partial charge in [-0.2, -0.15) is 0 Å². The molecule has 1 aromatic carbocycles. The third-order valence-corrected chi connectivity index (χ3v) is 3.21. The Labute approximate surface area is 119 Å². The molecule has 0 heterocycles. The lowest BCUT2D eigenvalue weighted by Crippen LogP contribution is -2.44. The molecule has 5 nitrogen and oxygen atoms in total. The van der Waals surface area contributed by atoms with Crippen molar-refractivity contribution in [2.24, 2.45) is 0 Å². The molecule has 1 rings (SSSR count). The number of likely N-dealkylation sites (N-methyl/N-ethyl adjacent to an activating group) is 1. The zero-order valence-electron chi connectivity index (χ0n) is 10.2. The van der Waals surface area contributed by atoms with Gasteiger partial charge in [0.05, 0.1) is 3.57 Å². The highest BCUT2D eigenvalue weighted by Gasteiger charge is 2.16. The Hall–Kier alpha value is -1.31. The summed E-state index contributed by atoms with van der Waals surface area (Å²) in [4.78, 5) is 23.3. The molecule has 0 aliphatic carbocycles. The number of hydrogen-bond donors (Lipinski definition) is 3. The molecule has 18 heavy (non-hydrogen) atoms. The second-order valence-corrected chi connectivity index (χ2v) is 4.92. The number of amides is 2. The standard InChI is InChI=1S/C12H15IN2O3/c1-3-14-11(17)7(2)15-12(18)8-4-5-9(13)10(16)6-8/h4-7,16H,3H2,1-2H3,(H,14,17)(H,15,18). The maximum Gasteiger partial charge on any atom is 0.252 e. The predicted molar refractivity (Wildman–Crippen MR) is 76.4 cm³/mol. The highest BCUT2D eigenvalue weighted by molar-refractivity contribution is 14.1. The van der Waals surface area contributed by atoms with Crippen LogP contribution in [-0.4, -0.2) is 29.5 Å². The van der Waals surface area contributed by atoms with Crippen molar-refractivity contribution in [1.82, 2.24) is 10.6 Å². The van der Waals surface area contributed by atoms with Crippen molar-refractivity contribution in [3.05, 3.63) is 27.3 Å². The Morgan fingerprint density at radius 1 is 1.44 bits per heavy atom. The van der Waals surface area contributed by atoms with Crippen LogP contribution >= 0.6 is 22.6 Å². The Morgan fingerprint density at radius 2 is 2.11 bits per heavy atom. The van der Waals surface area contributed by atoms with Crippen LogP contribution < -0.4 is 10.6 Å². The molecule has 1 atom stereocenters. The molecule has 0 saturated carbocycles. The molecule has 0 bridgehead atoms. The van der Waals surface area contributed by atoms with E-state index in [0.717, 1.165) is 0 Å². The highest BCUT2D eigenvalue weighted by atomic mass is 127. The molecule has 0 saturated heterocycles. The van der Waals surface area contributed by atoms with Gasteiger partial charge in [-0.05, 0) is 54.6 Å². The van der Waals surface area contributed by atoms with Gasteiger partial charge in [-0.3, -0.25) is 9.59 Å².